The van der Waals surface area contributed by atoms with E-state index in [9.17, 15) is 36.2 Å². The molecule has 0 amide bonds. The van der Waals surface area contributed by atoms with Gasteiger partial charge in [0.15, 0.2) is 0 Å². The second-order valence-electron chi connectivity index (χ2n) is 11.1. The predicted octanol–water partition coefficient (Wildman–Crippen LogP) is 7.17. The van der Waals surface area contributed by atoms with E-state index in [-0.39, 0.29) is 23.9 Å². The number of hydrogen-bond acceptors (Lipinski definition) is 5. The summed E-state index contributed by atoms with van der Waals surface area (Å²) in [6.07, 6.45) is 1.79. The summed E-state index contributed by atoms with van der Waals surface area (Å²) < 4.78 is 74.7. The molecular weight excluding hydrogens is 570 g/mol. The number of allylic oxidation sites excluding steroid dienone is 2. The number of hydrogen-bond donors (Lipinski definition) is 2. The molecule has 0 saturated heterocycles. The Hall–Kier alpha value is -2.43. The minimum Gasteiger partial charge on any atom is -0.508 e. The van der Waals surface area contributed by atoms with E-state index in [1.165, 1.54) is 23.3 Å². The molecule has 0 bridgehead atoms. The van der Waals surface area contributed by atoms with E-state index in [0.717, 1.165) is 68.1 Å². The summed E-state index contributed by atoms with van der Waals surface area (Å²) in [5.74, 6) is -0.628. The Morgan fingerprint density at radius 3 is 2.24 bits per heavy atom. The van der Waals surface area contributed by atoms with Gasteiger partial charge in [-0.15, -0.1) is 0 Å². The Balaban J connectivity index is 1.50. The van der Waals surface area contributed by atoms with E-state index in [4.69, 9.17) is 0 Å². The molecule has 0 aliphatic heterocycles. The summed E-state index contributed by atoms with van der Waals surface area (Å²) in [5.41, 5.74) is 5.76. The van der Waals surface area contributed by atoms with Gasteiger partial charge in [0.2, 0.25) is 0 Å². The quantitative estimate of drug-likeness (QED) is 0.146. The number of alkyl halides is 3. The van der Waals surface area contributed by atoms with E-state index in [1.807, 2.05) is 29.2 Å². The van der Waals surface area contributed by atoms with Gasteiger partial charge in [0.05, 0.1) is 18.1 Å². The fourth-order valence-electron chi connectivity index (χ4n) is 5.68. The van der Waals surface area contributed by atoms with Crippen molar-refractivity contribution in [2.24, 2.45) is 0 Å². The maximum Gasteiger partial charge on any atom is 0.389 e. The van der Waals surface area contributed by atoms with Crippen molar-refractivity contribution in [2.75, 3.05) is 37.7 Å². The Kier molecular flexibility index (Phi) is 13.3. The largest absolute Gasteiger partial charge is 0.508 e. The number of unbranched alkanes of at least 4 members (excludes halogenated alkanes) is 3. The van der Waals surface area contributed by atoms with Crippen molar-refractivity contribution < 1.29 is 36.2 Å². The van der Waals surface area contributed by atoms with Crippen LogP contribution in [-0.2, 0) is 16.3 Å². The van der Waals surface area contributed by atoms with Gasteiger partial charge in [-0.25, -0.2) is 12.8 Å². The highest BCUT2D eigenvalue weighted by molar-refractivity contribution is 7.91. The molecule has 1 aliphatic carbocycles. The van der Waals surface area contributed by atoms with E-state index in [1.54, 1.807) is 6.07 Å². The van der Waals surface area contributed by atoms with Crippen molar-refractivity contribution in [3.8, 4) is 5.75 Å². The average Bonchev–Trinajstić information content (AvgIpc) is 3.09. The van der Waals surface area contributed by atoms with Crippen molar-refractivity contribution in [1.29, 1.82) is 0 Å². The van der Waals surface area contributed by atoms with Gasteiger partial charge in [0, 0.05) is 13.0 Å². The highest BCUT2D eigenvalue weighted by atomic mass is 32.2. The normalized spacial score (nSPS) is 14.3. The first kappa shape index (κ1) is 34.1. The Labute approximate surface area is 247 Å². The second-order valence-corrected chi connectivity index (χ2v) is 13.4. The first-order valence-electron chi connectivity index (χ1n) is 14.9. The first-order valence-corrected chi connectivity index (χ1v) is 16.7. The zero-order valence-corrected chi connectivity index (χ0v) is 25.0. The maximum absolute atomic E-state index is 13.6. The average molecular weight is 614 g/mol. The van der Waals surface area contributed by atoms with Crippen LogP contribution in [0.1, 0.15) is 80.9 Å². The third kappa shape index (κ3) is 11.7. The van der Waals surface area contributed by atoms with Crippen LogP contribution in [-0.4, -0.2) is 67.5 Å². The van der Waals surface area contributed by atoms with Gasteiger partial charge >= 0.3 is 6.18 Å². The summed E-state index contributed by atoms with van der Waals surface area (Å²) in [6, 6.07) is 12.2. The van der Waals surface area contributed by atoms with E-state index in [0.29, 0.717) is 26.1 Å². The summed E-state index contributed by atoms with van der Waals surface area (Å²) in [6.45, 7) is 1.55. The number of nitrogens with zero attached hydrogens (tertiary/aromatic N) is 1. The topological polar surface area (TPSA) is 77.8 Å². The van der Waals surface area contributed by atoms with E-state index >= 15 is 0 Å². The molecule has 0 fully saturated rings. The molecule has 0 spiro atoms. The minimum absolute atomic E-state index is 0.0480. The molecule has 3 rings (SSSR count). The van der Waals surface area contributed by atoms with Gasteiger partial charge in [-0.2, -0.15) is 13.2 Å². The predicted molar refractivity (Wildman–Crippen MR) is 159 cm³/mol. The number of sulfone groups is 1. The Morgan fingerprint density at radius 2 is 1.52 bits per heavy atom. The van der Waals surface area contributed by atoms with Gasteiger partial charge < -0.3 is 15.1 Å². The van der Waals surface area contributed by atoms with Crippen LogP contribution >= 0.6 is 0 Å². The number of halogens is 4. The summed E-state index contributed by atoms with van der Waals surface area (Å²) >= 11 is 0. The minimum atomic E-state index is -4.35. The van der Waals surface area contributed by atoms with Crippen LogP contribution in [0.4, 0.5) is 17.6 Å². The van der Waals surface area contributed by atoms with Gasteiger partial charge in [0.25, 0.3) is 0 Å². The van der Waals surface area contributed by atoms with Gasteiger partial charge in [-0.1, -0.05) is 31.0 Å². The zero-order chi connectivity index (χ0) is 30.6. The molecule has 1 aliphatic rings. The molecule has 0 heterocycles. The standard InChI is InChI=1S/C32H43F4NO4S/c33-27-13-11-25(12-14-27)29-10-5-8-26-24-28(39)15-16-30(26)31(29)9-3-1-2-4-18-37(20-21-38)19-7-23-42(40,41)22-6-17-32(34,35)36/h11-16,24,38-39H,1-10,17-23H2. The van der Waals surface area contributed by atoms with Gasteiger partial charge in [-0.3, -0.25) is 0 Å². The lowest BCUT2D eigenvalue weighted by molar-refractivity contribution is -0.134. The van der Waals surface area contributed by atoms with E-state index < -0.39 is 34.6 Å². The van der Waals surface area contributed by atoms with Crippen molar-refractivity contribution >= 4 is 21.0 Å². The lowest BCUT2D eigenvalue weighted by atomic mass is 9.89. The molecule has 0 saturated carbocycles. The molecule has 2 aromatic rings. The van der Waals surface area contributed by atoms with Crippen LogP contribution in [0.3, 0.4) is 0 Å². The highest BCUT2D eigenvalue weighted by Gasteiger charge is 2.27. The number of aromatic hydroxyl groups is 1. The molecule has 0 radical (unpaired) electrons. The molecule has 0 atom stereocenters. The van der Waals surface area contributed by atoms with Crippen molar-refractivity contribution in [3.05, 3.63) is 65.0 Å². The number of aliphatic hydroxyl groups is 1. The van der Waals surface area contributed by atoms with Crippen LogP contribution in [0, 0.1) is 5.82 Å². The SMILES string of the molecule is O=S(=O)(CCCN(CCO)CCCCCCC1=C(c2ccc(F)cc2)CCCc2cc(O)ccc21)CCCC(F)(F)F. The van der Waals surface area contributed by atoms with Crippen LogP contribution in [0.5, 0.6) is 5.75 Å². The van der Waals surface area contributed by atoms with Crippen LogP contribution in [0.2, 0.25) is 0 Å². The number of aliphatic hydroxyl groups excluding tert-OH is 1. The summed E-state index contributed by atoms with van der Waals surface area (Å²) in [5, 5.41) is 19.5. The smallest absolute Gasteiger partial charge is 0.389 e. The number of phenolic OH excluding ortho intramolecular Hbond substituents is 1. The molecule has 42 heavy (non-hydrogen) atoms. The van der Waals surface area contributed by atoms with Crippen LogP contribution in [0.25, 0.3) is 11.1 Å². The Morgan fingerprint density at radius 1 is 0.833 bits per heavy atom. The van der Waals surface area contributed by atoms with Crippen molar-refractivity contribution in [3.63, 3.8) is 0 Å². The fraction of sp³-hybridized carbons (Fsp3) is 0.562. The molecule has 2 N–H and O–H groups in total. The summed E-state index contributed by atoms with van der Waals surface area (Å²) in [7, 11) is -3.54. The number of fused-ring (bicyclic) bond motifs is 1. The fourth-order valence-corrected chi connectivity index (χ4v) is 7.03. The number of phenols is 1. The van der Waals surface area contributed by atoms with Gasteiger partial charge in [-0.05, 0) is 117 Å². The molecule has 2 aromatic carbocycles. The monoisotopic (exact) mass is 613 g/mol. The number of aryl methyl sites for hydroxylation is 1. The lowest BCUT2D eigenvalue weighted by Gasteiger charge is -2.21. The number of rotatable bonds is 17. The highest BCUT2D eigenvalue weighted by Crippen LogP contribution is 2.39. The van der Waals surface area contributed by atoms with Crippen molar-refractivity contribution in [1.82, 2.24) is 4.90 Å². The third-order valence-corrected chi connectivity index (χ3v) is 9.58. The summed E-state index contributed by atoms with van der Waals surface area (Å²) in [4.78, 5) is 2.01. The first-order chi connectivity index (χ1) is 20.0. The molecule has 0 unspecified atom stereocenters. The molecular formula is C32H43F4NO4S. The molecule has 10 heteroatoms. The lowest BCUT2D eigenvalue weighted by Crippen LogP contribution is -2.30. The number of benzene rings is 2. The second kappa shape index (κ2) is 16.4. The Bertz CT molecular complexity index is 1260. The van der Waals surface area contributed by atoms with Crippen LogP contribution in [0.15, 0.2) is 42.5 Å². The molecule has 0 aromatic heterocycles. The van der Waals surface area contributed by atoms with Crippen LogP contribution < -0.4 is 0 Å². The maximum atomic E-state index is 13.6. The van der Waals surface area contributed by atoms with Crippen molar-refractivity contribution in [2.45, 2.75) is 76.8 Å². The molecule has 234 valence electrons. The van der Waals surface area contributed by atoms with E-state index in [2.05, 4.69) is 0 Å². The zero-order valence-electron chi connectivity index (χ0n) is 24.1. The molecule has 5 nitrogen and oxygen atoms in total. The van der Waals surface area contributed by atoms with Gasteiger partial charge in [0.1, 0.15) is 21.4 Å². The third-order valence-electron chi connectivity index (χ3n) is 7.76.